The van der Waals surface area contributed by atoms with Gasteiger partial charge in [-0.15, -0.1) is 0 Å². The monoisotopic (exact) mass is 412 g/mol. The van der Waals surface area contributed by atoms with E-state index in [1.807, 2.05) is 42.5 Å². The third-order valence-corrected chi connectivity index (χ3v) is 5.33. The van der Waals surface area contributed by atoms with Crippen LogP contribution < -0.4 is 19.5 Å². The Morgan fingerprint density at radius 1 is 1.00 bits per heavy atom. The summed E-state index contributed by atoms with van der Waals surface area (Å²) in [6, 6.07) is 13.3. The minimum Gasteiger partial charge on any atom is -0.497 e. The average molecular weight is 412 g/mol. The van der Waals surface area contributed by atoms with Crippen LogP contribution in [0.2, 0.25) is 0 Å². The summed E-state index contributed by atoms with van der Waals surface area (Å²) >= 11 is 0. The molecule has 7 nitrogen and oxygen atoms in total. The minimum atomic E-state index is -0.318. The molecule has 3 rings (SSSR count). The first kappa shape index (κ1) is 21.5. The Kier molecular flexibility index (Phi) is 7.17. The van der Waals surface area contributed by atoms with Gasteiger partial charge in [0, 0.05) is 26.1 Å². The number of rotatable bonds is 9. The van der Waals surface area contributed by atoms with Crippen molar-refractivity contribution < 1.29 is 23.8 Å². The van der Waals surface area contributed by atoms with Crippen LogP contribution in [0.15, 0.2) is 42.5 Å². The molecule has 1 N–H and O–H groups in total. The molecule has 7 heteroatoms. The van der Waals surface area contributed by atoms with E-state index in [1.165, 1.54) is 0 Å². The van der Waals surface area contributed by atoms with E-state index >= 15 is 0 Å². The Balaban J connectivity index is 1.49. The van der Waals surface area contributed by atoms with Crippen molar-refractivity contribution in [2.75, 3.05) is 34.4 Å². The van der Waals surface area contributed by atoms with Gasteiger partial charge in [0.2, 0.25) is 11.8 Å². The lowest BCUT2D eigenvalue weighted by atomic mass is 10.1. The largest absolute Gasteiger partial charge is 0.497 e. The summed E-state index contributed by atoms with van der Waals surface area (Å²) in [5, 5.41) is 2.93. The molecule has 0 unspecified atom stereocenters. The lowest BCUT2D eigenvalue weighted by molar-refractivity contribution is -0.129. The zero-order valence-corrected chi connectivity index (χ0v) is 17.6. The van der Waals surface area contributed by atoms with Crippen LogP contribution in [0, 0.1) is 5.92 Å². The summed E-state index contributed by atoms with van der Waals surface area (Å²) in [6.07, 6.45) is 0.937. The van der Waals surface area contributed by atoms with E-state index < -0.39 is 0 Å². The van der Waals surface area contributed by atoms with Gasteiger partial charge in [-0.25, -0.2) is 0 Å². The van der Waals surface area contributed by atoms with Crippen molar-refractivity contribution in [3.63, 3.8) is 0 Å². The summed E-state index contributed by atoms with van der Waals surface area (Å²) in [5.41, 5.74) is 2.03. The fraction of sp³-hybridized carbons (Fsp3) is 0.391. The standard InChI is InChI=1S/C23H28N2O5/c1-28-19-7-4-17(5-8-19)14-24-23(27)18-13-22(26)25(15-18)11-10-16-6-9-20(29-2)21(12-16)30-3/h4-9,12,18H,10-11,13-15H2,1-3H3,(H,24,27)/t18-/m0/s1. The molecule has 1 aliphatic rings. The molecule has 1 fully saturated rings. The first-order valence-electron chi connectivity index (χ1n) is 9.93. The lowest BCUT2D eigenvalue weighted by Gasteiger charge is -2.17. The van der Waals surface area contributed by atoms with E-state index in [9.17, 15) is 9.59 Å². The molecular weight excluding hydrogens is 384 g/mol. The maximum absolute atomic E-state index is 12.5. The summed E-state index contributed by atoms with van der Waals surface area (Å²) in [5.74, 6) is 1.72. The third kappa shape index (κ3) is 5.23. The Morgan fingerprint density at radius 2 is 1.70 bits per heavy atom. The fourth-order valence-electron chi connectivity index (χ4n) is 3.54. The predicted octanol–water partition coefficient (Wildman–Crippen LogP) is 2.42. The molecule has 1 saturated heterocycles. The number of benzene rings is 2. The normalized spacial score (nSPS) is 15.8. The number of likely N-dealkylation sites (tertiary alicyclic amines) is 1. The summed E-state index contributed by atoms with van der Waals surface area (Å²) in [7, 11) is 4.81. The molecule has 2 aromatic carbocycles. The summed E-state index contributed by atoms with van der Waals surface area (Å²) in [6.45, 7) is 1.44. The van der Waals surface area contributed by atoms with E-state index in [-0.39, 0.29) is 24.2 Å². The van der Waals surface area contributed by atoms with Crippen LogP contribution in [-0.2, 0) is 22.6 Å². The smallest absolute Gasteiger partial charge is 0.225 e. The highest BCUT2D eigenvalue weighted by Crippen LogP contribution is 2.28. The Morgan fingerprint density at radius 3 is 2.37 bits per heavy atom. The van der Waals surface area contributed by atoms with E-state index in [0.29, 0.717) is 37.6 Å². The molecule has 1 aliphatic heterocycles. The second kappa shape index (κ2) is 10.0. The van der Waals surface area contributed by atoms with Gasteiger partial charge in [-0.2, -0.15) is 0 Å². The predicted molar refractivity (Wildman–Crippen MR) is 113 cm³/mol. The number of carbonyl (C=O) groups excluding carboxylic acids is 2. The van der Waals surface area contributed by atoms with Gasteiger partial charge in [0.25, 0.3) is 0 Å². The molecule has 0 aromatic heterocycles. The average Bonchev–Trinajstić information content (AvgIpc) is 3.16. The van der Waals surface area contributed by atoms with Gasteiger partial charge < -0.3 is 24.4 Å². The van der Waals surface area contributed by atoms with Crippen LogP contribution in [0.25, 0.3) is 0 Å². The first-order chi connectivity index (χ1) is 14.5. The molecule has 1 heterocycles. The van der Waals surface area contributed by atoms with Crippen molar-refractivity contribution in [2.45, 2.75) is 19.4 Å². The molecule has 2 amide bonds. The number of hydrogen-bond donors (Lipinski definition) is 1. The molecule has 2 aromatic rings. The minimum absolute atomic E-state index is 0.0140. The second-order valence-corrected chi connectivity index (χ2v) is 7.25. The number of methoxy groups -OCH3 is 3. The summed E-state index contributed by atoms with van der Waals surface area (Å²) in [4.78, 5) is 26.6. The Hall–Kier alpha value is -3.22. The van der Waals surface area contributed by atoms with Crippen molar-refractivity contribution in [1.82, 2.24) is 10.2 Å². The van der Waals surface area contributed by atoms with Crippen molar-refractivity contribution in [3.05, 3.63) is 53.6 Å². The van der Waals surface area contributed by atoms with Crippen LogP contribution >= 0.6 is 0 Å². The number of nitrogens with zero attached hydrogens (tertiary/aromatic N) is 1. The van der Waals surface area contributed by atoms with Crippen LogP contribution in [0.5, 0.6) is 17.2 Å². The number of amides is 2. The maximum atomic E-state index is 12.5. The molecule has 0 aliphatic carbocycles. The molecular formula is C23H28N2O5. The van der Waals surface area contributed by atoms with E-state index in [4.69, 9.17) is 14.2 Å². The van der Waals surface area contributed by atoms with Gasteiger partial charge in [0.1, 0.15) is 5.75 Å². The molecule has 0 radical (unpaired) electrons. The first-order valence-corrected chi connectivity index (χ1v) is 9.93. The number of ether oxygens (including phenoxy) is 3. The molecule has 0 spiro atoms. The molecule has 1 atom stereocenters. The van der Waals surface area contributed by atoms with Crippen LogP contribution in [0.4, 0.5) is 0 Å². The van der Waals surface area contributed by atoms with Crippen LogP contribution in [-0.4, -0.2) is 51.1 Å². The van der Waals surface area contributed by atoms with Crippen molar-refractivity contribution in [1.29, 1.82) is 0 Å². The molecule has 0 saturated carbocycles. The van der Waals surface area contributed by atoms with Crippen molar-refractivity contribution in [3.8, 4) is 17.2 Å². The molecule has 160 valence electrons. The highest BCUT2D eigenvalue weighted by Gasteiger charge is 2.33. The topological polar surface area (TPSA) is 77.1 Å². The lowest BCUT2D eigenvalue weighted by Crippen LogP contribution is -2.33. The van der Waals surface area contributed by atoms with Gasteiger partial charge in [0.05, 0.1) is 27.2 Å². The van der Waals surface area contributed by atoms with Crippen LogP contribution in [0.1, 0.15) is 17.5 Å². The SMILES string of the molecule is COc1ccc(CNC(=O)[C@H]2CC(=O)N(CCc3ccc(OC)c(OC)c3)C2)cc1. The van der Waals surface area contributed by atoms with Crippen molar-refractivity contribution in [2.24, 2.45) is 5.92 Å². The van der Waals surface area contributed by atoms with E-state index in [1.54, 1.807) is 26.2 Å². The van der Waals surface area contributed by atoms with Gasteiger partial charge in [-0.05, 0) is 41.8 Å². The van der Waals surface area contributed by atoms with Crippen LogP contribution in [0.3, 0.4) is 0 Å². The Labute approximate surface area is 176 Å². The van der Waals surface area contributed by atoms with Gasteiger partial charge >= 0.3 is 0 Å². The van der Waals surface area contributed by atoms with E-state index in [2.05, 4.69) is 5.32 Å². The van der Waals surface area contributed by atoms with Gasteiger partial charge in [-0.3, -0.25) is 9.59 Å². The number of nitrogens with one attached hydrogen (secondary N) is 1. The quantitative estimate of drug-likeness (QED) is 0.685. The van der Waals surface area contributed by atoms with Gasteiger partial charge in [-0.1, -0.05) is 18.2 Å². The second-order valence-electron chi connectivity index (χ2n) is 7.25. The molecule has 30 heavy (non-hydrogen) atoms. The maximum Gasteiger partial charge on any atom is 0.225 e. The Bertz CT molecular complexity index is 882. The summed E-state index contributed by atoms with van der Waals surface area (Å²) < 4.78 is 15.7. The zero-order chi connectivity index (χ0) is 21.5. The highest BCUT2D eigenvalue weighted by molar-refractivity contribution is 5.89. The molecule has 0 bridgehead atoms. The highest BCUT2D eigenvalue weighted by atomic mass is 16.5. The third-order valence-electron chi connectivity index (χ3n) is 5.33. The number of hydrogen-bond acceptors (Lipinski definition) is 5. The number of carbonyl (C=O) groups is 2. The van der Waals surface area contributed by atoms with Crippen molar-refractivity contribution >= 4 is 11.8 Å². The zero-order valence-electron chi connectivity index (χ0n) is 17.6. The fourth-order valence-corrected chi connectivity index (χ4v) is 3.54. The van der Waals surface area contributed by atoms with E-state index in [0.717, 1.165) is 16.9 Å². The van der Waals surface area contributed by atoms with Gasteiger partial charge in [0.15, 0.2) is 11.5 Å².